The Kier molecular flexibility index (Phi) is 8.12. The van der Waals surface area contributed by atoms with E-state index in [1.54, 1.807) is 12.4 Å². The average Bonchev–Trinajstić information content (AvgIpc) is 2.94. The fourth-order valence-electron chi connectivity index (χ4n) is 5.67. The van der Waals surface area contributed by atoms with Gasteiger partial charge in [0.2, 0.25) is 0 Å². The predicted molar refractivity (Wildman–Crippen MR) is 154 cm³/mol. The lowest BCUT2D eigenvalue weighted by molar-refractivity contribution is 0.0255. The Labute approximate surface area is 233 Å². The molecule has 8 heteroatoms. The Balaban J connectivity index is 1.24. The first-order chi connectivity index (χ1) is 18.4. The van der Waals surface area contributed by atoms with Gasteiger partial charge in [-0.25, -0.2) is 0 Å². The van der Waals surface area contributed by atoms with Gasteiger partial charge in [0.05, 0.1) is 29.1 Å². The molecule has 0 saturated carbocycles. The van der Waals surface area contributed by atoms with Crippen LogP contribution in [0.4, 0.5) is 0 Å². The zero-order valence-corrected chi connectivity index (χ0v) is 24.1. The van der Waals surface area contributed by atoms with Crippen LogP contribution < -0.4 is 5.48 Å². The molecule has 200 valence electrons. The summed E-state index contributed by atoms with van der Waals surface area (Å²) < 4.78 is 1.07. The first kappa shape index (κ1) is 26.8. The molecule has 2 aliphatic rings. The van der Waals surface area contributed by atoms with Crippen LogP contribution >= 0.6 is 15.9 Å². The van der Waals surface area contributed by atoms with Crippen molar-refractivity contribution in [2.24, 2.45) is 0 Å². The number of nitrogens with one attached hydrogen (secondary N) is 1. The standard InChI is InChI=1S/C30H36BrN5O2/c1-4-38-34-28(22-5-7-25(31)8-6-22)23-10-15-36(16-11-23)30(3)12-17-35(18-13-30)29(37)26-19-24-20-32-14-9-27(24)33-21(26)2/h5-9,14,19-20,34H,4,10-13,15-18H2,1-3H3. The Morgan fingerprint density at radius 2 is 1.82 bits per heavy atom. The Hall–Kier alpha value is -2.81. The van der Waals surface area contributed by atoms with Gasteiger partial charge in [0.25, 0.3) is 5.91 Å². The number of hydrogen-bond donors (Lipinski definition) is 1. The average molecular weight is 579 g/mol. The van der Waals surface area contributed by atoms with E-state index in [9.17, 15) is 4.79 Å². The third kappa shape index (κ3) is 5.63. The van der Waals surface area contributed by atoms with Gasteiger partial charge in [0.15, 0.2) is 0 Å². The number of halogens is 1. The molecule has 1 N–H and O–H groups in total. The van der Waals surface area contributed by atoms with E-state index < -0.39 is 0 Å². The molecule has 2 aliphatic heterocycles. The van der Waals surface area contributed by atoms with Gasteiger partial charge < -0.3 is 4.90 Å². The molecule has 2 saturated heterocycles. The SMILES string of the molecule is CCONC(=C1CCN(C2(C)CCN(C(=O)c3cc4cnccc4nc3C)CC2)CC1)c1ccc(Br)cc1. The summed E-state index contributed by atoms with van der Waals surface area (Å²) in [5, 5.41) is 0.904. The molecule has 2 aromatic heterocycles. The van der Waals surface area contributed by atoms with Crippen LogP contribution in [0.5, 0.6) is 0 Å². The molecule has 4 heterocycles. The van der Waals surface area contributed by atoms with Gasteiger partial charge in [0.1, 0.15) is 0 Å². The second-order valence-corrected chi connectivity index (χ2v) is 11.4. The number of aromatic nitrogens is 2. The number of rotatable bonds is 6. The third-order valence-electron chi connectivity index (χ3n) is 8.10. The smallest absolute Gasteiger partial charge is 0.255 e. The summed E-state index contributed by atoms with van der Waals surface area (Å²) in [5.74, 6) is 0.0767. The second-order valence-electron chi connectivity index (χ2n) is 10.5. The molecule has 0 spiro atoms. The van der Waals surface area contributed by atoms with Crippen molar-refractivity contribution >= 4 is 38.4 Å². The van der Waals surface area contributed by atoms with Crippen LogP contribution in [0.1, 0.15) is 61.1 Å². The lowest BCUT2D eigenvalue weighted by atomic mass is 9.85. The summed E-state index contributed by atoms with van der Waals surface area (Å²) in [6.07, 6.45) is 7.45. The maximum atomic E-state index is 13.4. The van der Waals surface area contributed by atoms with Gasteiger partial charge in [-0.15, -0.1) is 0 Å². The van der Waals surface area contributed by atoms with E-state index in [4.69, 9.17) is 4.84 Å². The second kappa shape index (κ2) is 11.5. The molecular formula is C30H36BrN5O2. The van der Waals surface area contributed by atoms with E-state index in [2.05, 4.69) is 67.5 Å². The van der Waals surface area contributed by atoms with Gasteiger partial charge in [-0.3, -0.25) is 30.0 Å². The summed E-state index contributed by atoms with van der Waals surface area (Å²) in [5.41, 5.74) is 9.30. The predicted octanol–water partition coefficient (Wildman–Crippen LogP) is 5.74. The molecule has 0 unspecified atom stereocenters. The fraction of sp³-hybridized carbons (Fsp3) is 0.433. The van der Waals surface area contributed by atoms with Gasteiger partial charge >= 0.3 is 0 Å². The highest BCUT2D eigenvalue weighted by Gasteiger charge is 2.38. The van der Waals surface area contributed by atoms with Gasteiger partial charge in [-0.2, -0.15) is 0 Å². The van der Waals surface area contributed by atoms with Crippen LogP contribution in [0.3, 0.4) is 0 Å². The molecule has 0 radical (unpaired) electrons. The molecular weight excluding hydrogens is 542 g/mol. The van der Waals surface area contributed by atoms with Gasteiger partial charge in [-0.1, -0.05) is 28.1 Å². The van der Waals surface area contributed by atoms with Crippen molar-refractivity contribution in [2.45, 2.75) is 52.0 Å². The summed E-state index contributed by atoms with van der Waals surface area (Å²) in [6, 6.07) is 12.2. The van der Waals surface area contributed by atoms with Crippen LogP contribution in [-0.2, 0) is 4.84 Å². The van der Waals surface area contributed by atoms with E-state index in [0.29, 0.717) is 12.2 Å². The number of pyridine rings is 2. The quantitative estimate of drug-likeness (QED) is 0.376. The van der Waals surface area contributed by atoms with Gasteiger partial charge in [0, 0.05) is 54.0 Å². The van der Waals surface area contributed by atoms with Crippen LogP contribution in [0.15, 0.2) is 58.8 Å². The van der Waals surface area contributed by atoms with E-state index in [1.165, 1.54) is 5.57 Å². The number of benzene rings is 1. The van der Waals surface area contributed by atoms with Crippen LogP contribution in [0.2, 0.25) is 0 Å². The third-order valence-corrected chi connectivity index (χ3v) is 8.63. The van der Waals surface area contributed by atoms with Crippen molar-refractivity contribution in [1.29, 1.82) is 0 Å². The maximum Gasteiger partial charge on any atom is 0.255 e. The molecule has 2 fully saturated rings. The Bertz CT molecular complexity index is 1320. The minimum absolute atomic E-state index is 0.0767. The topological polar surface area (TPSA) is 70.6 Å². The normalized spacial score (nSPS) is 18.0. The van der Waals surface area contributed by atoms with Crippen LogP contribution in [-0.4, -0.2) is 64.0 Å². The summed E-state index contributed by atoms with van der Waals surface area (Å²) in [4.78, 5) is 32.5. The molecule has 0 atom stereocenters. The first-order valence-corrected chi connectivity index (χ1v) is 14.3. The van der Waals surface area contributed by atoms with Gasteiger partial charge in [-0.05, 0) is 81.9 Å². The molecule has 7 nitrogen and oxygen atoms in total. The number of hydroxylamine groups is 1. The van der Waals surface area contributed by atoms with Crippen molar-refractivity contribution < 1.29 is 9.63 Å². The van der Waals surface area contributed by atoms with Crippen molar-refractivity contribution in [3.63, 3.8) is 0 Å². The number of amides is 1. The van der Waals surface area contributed by atoms with Crippen LogP contribution in [0.25, 0.3) is 16.6 Å². The summed E-state index contributed by atoms with van der Waals surface area (Å²) >= 11 is 3.54. The fourth-order valence-corrected chi connectivity index (χ4v) is 5.93. The summed E-state index contributed by atoms with van der Waals surface area (Å²) in [6.45, 7) is 10.4. The van der Waals surface area contributed by atoms with Crippen molar-refractivity contribution in [1.82, 2.24) is 25.2 Å². The van der Waals surface area contributed by atoms with Crippen molar-refractivity contribution in [3.8, 4) is 0 Å². The minimum Gasteiger partial charge on any atom is -0.338 e. The zero-order chi connectivity index (χ0) is 26.7. The lowest BCUT2D eigenvalue weighted by Crippen LogP contribution is -2.56. The highest BCUT2D eigenvalue weighted by Crippen LogP contribution is 2.35. The maximum absolute atomic E-state index is 13.4. The molecule has 5 rings (SSSR count). The van der Waals surface area contributed by atoms with Crippen molar-refractivity contribution in [3.05, 3.63) is 75.7 Å². The number of nitrogens with zero attached hydrogens (tertiary/aromatic N) is 4. The highest BCUT2D eigenvalue weighted by molar-refractivity contribution is 9.10. The van der Waals surface area contributed by atoms with Crippen LogP contribution in [0, 0.1) is 6.92 Å². The van der Waals surface area contributed by atoms with Crippen molar-refractivity contribution in [2.75, 3.05) is 32.8 Å². The van der Waals surface area contributed by atoms with E-state index >= 15 is 0 Å². The number of hydrogen-bond acceptors (Lipinski definition) is 6. The molecule has 1 amide bonds. The Morgan fingerprint density at radius 1 is 1.11 bits per heavy atom. The van der Waals surface area contributed by atoms with E-state index in [-0.39, 0.29) is 11.4 Å². The minimum atomic E-state index is 0.0767. The van der Waals surface area contributed by atoms with E-state index in [0.717, 1.165) is 84.2 Å². The molecule has 1 aromatic carbocycles. The number of likely N-dealkylation sites (tertiary alicyclic amines) is 2. The highest BCUT2D eigenvalue weighted by atomic mass is 79.9. The molecule has 3 aromatic rings. The number of piperidine rings is 2. The lowest BCUT2D eigenvalue weighted by Gasteiger charge is -2.48. The number of carbonyl (C=O) groups excluding carboxylic acids is 1. The molecule has 38 heavy (non-hydrogen) atoms. The Morgan fingerprint density at radius 3 is 2.50 bits per heavy atom. The zero-order valence-electron chi connectivity index (χ0n) is 22.5. The molecule has 0 aliphatic carbocycles. The van der Waals surface area contributed by atoms with E-state index in [1.807, 2.05) is 30.9 Å². The first-order valence-electron chi connectivity index (χ1n) is 13.5. The number of aryl methyl sites for hydroxylation is 1. The summed E-state index contributed by atoms with van der Waals surface area (Å²) in [7, 11) is 0. The monoisotopic (exact) mass is 577 g/mol. The number of carbonyl (C=O) groups is 1. The number of fused-ring (bicyclic) bond motifs is 1. The molecule has 0 bridgehead atoms. The largest absolute Gasteiger partial charge is 0.338 e.